The molecule has 0 spiro atoms. The van der Waals surface area contributed by atoms with Crippen molar-refractivity contribution in [2.24, 2.45) is 5.10 Å². The lowest BCUT2D eigenvalue weighted by Crippen LogP contribution is -2.35. The van der Waals surface area contributed by atoms with Gasteiger partial charge in [0, 0.05) is 19.1 Å². The Morgan fingerprint density at radius 2 is 2.23 bits per heavy atom. The molecule has 0 aliphatic carbocycles. The average molecular weight is 326 g/mol. The van der Waals surface area contributed by atoms with Crippen LogP contribution in [0.15, 0.2) is 17.2 Å². The molecule has 0 saturated carbocycles. The topological polar surface area (TPSA) is 48.6 Å². The number of nitrogens with zero attached hydrogens (tertiary/aromatic N) is 3. The number of hydrogen-bond acceptors (Lipinski definition) is 4. The standard InChI is InChI=1S/C15H14ClF2N3O/c1-8-10(4-3-9(6-19)12(8)16)13-14(22-2)11-5-15(17,18)7-21(11)20-13/h3-4,11,14H,5,7H2,1-2H3/t11-,14?/m0/s1. The molecule has 22 heavy (non-hydrogen) atoms. The summed E-state index contributed by atoms with van der Waals surface area (Å²) in [4.78, 5) is 0. The second-order valence-corrected chi connectivity index (χ2v) is 5.96. The van der Waals surface area contributed by atoms with Crippen LogP contribution in [0.1, 0.15) is 23.1 Å². The molecule has 0 bridgehead atoms. The lowest BCUT2D eigenvalue weighted by molar-refractivity contribution is 0.0103. The van der Waals surface area contributed by atoms with Crippen LogP contribution in [0.3, 0.4) is 0 Å². The van der Waals surface area contributed by atoms with Crippen molar-refractivity contribution in [3.8, 4) is 6.07 Å². The first-order valence-electron chi connectivity index (χ1n) is 6.83. The molecule has 4 nitrogen and oxygen atoms in total. The van der Waals surface area contributed by atoms with E-state index in [-0.39, 0.29) is 6.42 Å². The Morgan fingerprint density at radius 3 is 2.86 bits per heavy atom. The zero-order valence-corrected chi connectivity index (χ0v) is 12.9. The van der Waals surface area contributed by atoms with Crippen molar-refractivity contribution in [1.82, 2.24) is 5.01 Å². The third kappa shape index (κ3) is 2.25. The average Bonchev–Trinajstić information content (AvgIpc) is 2.93. The Bertz CT molecular complexity index is 699. The quantitative estimate of drug-likeness (QED) is 0.840. The highest BCUT2D eigenvalue weighted by Crippen LogP contribution is 2.39. The van der Waals surface area contributed by atoms with E-state index in [1.807, 2.05) is 6.07 Å². The van der Waals surface area contributed by atoms with E-state index in [2.05, 4.69) is 5.10 Å². The van der Waals surface area contributed by atoms with Crippen molar-refractivity contribution in [1.29, 1.82) is 5.26 Å². The van der Waals surface area contributed by atoms with E-state index >= 15 is 0 Å². The third-order valence-electron chi connectivity index (χ3n) is 4.18. The number of nitriles is 1. The molecule has 0 aromatic heterocycles. The molecule has 0 amide bonds. The van der Waals surface area contributed by atoms with Crippen molar-refractivity contribution in [2.75, 3.05) is 13.7 Å². The number of methoxy groups -OCH3 is 1. The summed E-state index contributed by atoms with van der Waals surface area (Å²) in [5.74, 6) is -2.74. The Hall–Kier alpha value is -1.71. The molecule has 3 rings (SSSR count). The maximum Gasteiger partial charge on any atom is 0.269 e. The third-order valence-corrected chi connectivity index (χ3v) is 4.66. The van der Waals surface area contributed by atoms with Gasteiger partial charge in [0.15, 0.2) is 0 Å². The Morgan fingerprint density at radius 1 is 1.50 bits per heavy atom. The van der Waals surface area contributed by atoms with Crippen LogP contribution in [0, 0.1) is 18.3 Å². The van der Waals surface area contributed by atoms with Gasteiger partial charge in [-0.25, -0.2) is 8.78 Å². The summed E-state index contributed by atoms with van der Waals surface area (Å²) in [6, 6.07) is 4.90. The number of halogens is 3. The van der Waals surface area contributed by atoms with Crippen LogP contribution < -0.4 is 0 Å². The number of hydrazone groups is 1. The van der Waals surface area contributed by atoms with Crippen LogP contribution in [0.4, 0.5) is 8.78 Å². The zero-order valence-electron chi connectivity index (χ0n) is 12.1. The van der Waals surface area contributed by atoms with Gasteiger partial charge in [0.25, 0.3) is 5.92 Å². The molecular weight excluding hydrogens is 312 g/mol. The van der Waals surface area contributed by atoms with E-state index in [4.69, 9.17) is 21.6 Å². The highest BCUT2D eigenvalue weighted by molar-refractivity contribution is 6.33. The lowest BCUT2D eigenvalue weighted by atomic mass is 9.94. The number of benzene rings is 1. The van der Waals surface area contributed by atoms with Gasteiger partial charge in [-0.05, 0) is 18.6 Å². The predicted molar refractivity (Wildman–Crippen MR) is 78.3 cm³/mol. The SMILES string of the molecule is COC1C(c2ccc(C#N)c(Cl)c2C)=NN2CC(F)(F)C[C@@H]12. The number of fused-ring (bicyclic) bond motifs is 1. The van der Waals surface area contributed by atoms with Gasteiger partial charge in [-0.3, -0.25) is 5.01 Å². The van der Waals surface area contributed by atoms with Gasteiger partial charge in [0.2, 0.25) is 0 Å². The second-order valence-electron chi connectivity index (χ2n) is 5.58. The molecule has 7 heteroatoms. The van der Waals surface area contributed by atoms with Crippen LogP contribution in [0.5, 0.6) is 0 Å². The predicted octanol–water partition coefficient (Wildman–Crippen LogP) is 2.96. The zero-order chi connectivity index (χ0) is 16.1. The van der Waals surface area contributed by atoms with Crippen molar-refractivity contribution < 1.29 is 13.5 Å². The van der Waals surface area contributed by atoms with Crippen molar-refractivity contribution in [2.45, 2.75) is 31.4 Å². The molecule has 2 aliphatic heterocycles. The van der Waals surface area contributed by atoms with Crippen molar-refractivity contribution in [3.05, 3.63) is 33.8 Å². The van der Waals surface area contributed by atoms with Crippen molar-refractivity contribution in [3.63, 3.8) is 0 Å². The minimum atomic E-state index is -2.74. The van der Waals surface area contributed by atoms with E-state index in [1.54, 1.807) is 19.1 Å². The molecule has 1 saturated heterocycles. The summed E-state index contributed by atoms with van der Waals surface area (Å²) in [5, 5.41) is 15.1. The molecule has 2 atom stereocenters. The van der Waals surface area contributed by atoms with Gasteiger partial charge in [-0.15, -0.1) is 0 Å². The lowest BCUT2D eigenvalue weighted by Gasteiger charge is -2.19. The van der Waals surface area contributed by atoms with Crippen LogP contribution in [-0.2, 0) is 4.74 Å². The van der Waals surface area contributed by atoms with Gasteiger partial charge in [0.1, 0.15) is 18.7 Å². The first-order valence-corrected chi connectivity index (χ1v) is 7.21. The maximum absolute atomic E-state index is 13.5. The Kier molecular flexibility index (Phi) is 3.58. The first-order chi connectivity index (χ1) is 10.4. The molecule has 2 heterocycles. The largest absolute Gasteiger partial charge is 0.373 e. The molecule has 1 aromatic rings. The first kappa shape index (κ1) is 15.2. The summed E-state index contributed by atoms with van der Waals surface area (Å²) in [5.41, 5.74) is 2.40. The van der Waals surface area contributed by atoms with Gasteiger partial charge in [-0.2, -0.15) is 10.4 Å². The summed E-state index contributed by atoms with van der Waals surface area (Å²) in [6.45, 7) is 1.38. The molecule has 0 radical (unpaired) electrons. The van der Waals surface area contributed by atoms with E-state index < -0.39 is 24.6 Å². The van der Waals surface area contributed by atoms with E-state index in [9.17, 15) is 8.78 Å². The highest BCUT2D eigenvalue weighted by atomic mass is 35.5. The van der Waals surface area contributed by atoms with E-state index in [0.717, 1.165) is 5.56 Å². The van der Waals surface area contributed by atoms with E-state index in [0.29, 0.717) is 21.9 Å². The van der Waals surface area contributed by atoms with Gasteiger partial charge < -0.3 is 4.74 Å². The number of ether oxygens (including phenoxy) is 1. The highest BCUT2D eigenvalue weighted by Gasteiger charge is 2.52. The van der Waals surface area contributed by atoms with Gasteiger partial charge in [0.05, 0.1) is 22.3 Å². The fraction of sp³-hybridized carbons (Fsp3) is 0.467. The summed E-state index contributed by atoms with van der Waals surface area (Å²) in [7, 11) is 1.49. The molecule has 0 N–H and O–H groups in total. The molecule has 1 unspecified atom stereocenters. The number of rotatable bonds is 2. The number of hydrogen-bond donors (Lipinski definition) is 0. The Labute approximate surface area is 131 Å². The summed E-state index contributed by atoms with van der Waals surface area (Å²) < 4.78 is 32.5. The van der Waals surface area contributed by atoms with Crippen LogP contribution in [-0.4, -0.2) is 42.4 Å². The molecular formula is C15H14ClF2N3O. The van der Waals surface area contributed by atoms with Crippen molar-refractivity contribution >= 4 is 17.3 Å². The van der Waals surface area contributed by atoms with Crippen LogP contribution in [0.2, 0.25) is 5.02 Å². The van der Waals surface area contributed by atoms with Gasteiger partial charge >= 0.3 is 0 Å². The molecule has 1 fully saturated rings. The Balaban J connectivity index is 2.03. The van der Waals surface area contributed by atoms with E-state index in [1.165, 1.54) is 12.1 Å². The summed E-state index contributed by atoms with van der Waals surface area (Å²) >= 11 is 6.18. The smallest absolute Gasteiger partial charge is 0.269 e. The second kappa shape index (κ2) is 5.18. The normalized spacial score (nSPS) is 25.8. The minimum absolute atomic E-state index is 0.276. The fourth-order valence-electron chi connectivity index (χ4n) is 3.11. The van der Waals surface area contributed by atoms with Crippen LogP contribution >= 0.6 is 11.6 Å². The number of alkyl halides is 2. The molecule has 1 aromatic carbocycles. The summed E-state index contributed by atoms with van der Waals surface area (Å²) in [6.07, 6.45) is -0.808. The molecule has 2 aliphatic rings. The van der Waals surface area contributed by atoms with Crippen LogP contribution in [0.25, 0.3) is 0 Å². The fourth-order valence-corrected chi connectivity index (χ4v) is 3.31. The monoisotopic (exact) mass is 325 g/mol. The van der Waals surface area contributed by atoms with Gasteiger partial charge in [-0.1, -0.05) is 17.7 Å². The molecule has 116 valence electrons. The maximum atomic E-state index is 13.5. The minimum Gasteiger partial charge on any atom is -0.373 e.